The van der Waals surface area contributed by atoms with Crippen LogP contribution in [0.5, 0.6) is 0 Å². The van der Waals surface area contributed by atoms with Crippen molar-refractivity contribution in [3.05, 3.63) is 41.8 Å². The molecule has 1 aliphatic heterocycles. The molecule has 26 heavy (non-hydrogen) atoms. The summed E-state index contributed by atoms with van der Waals surface area (Å²) in [5.41, 5.74) is 0.710. The summed E-state index contributed by atoms with van der Waals surface area (Å²) in [5, 5.41) is 16.5. The average Bonchev–Trinajstić information content (AvgIpc) is 3.38. The Morgan fingerprint density at radius 1 is 1.31 bits per heavy atom. The molecule has 1 saturated heterocycles. The number of piperidine rings is 1. The number of aromatic nitrogens is 7. The van der Waals surface area contributed by atoms with Gasteiger partial charge in [0.2, 0.25) is 5.76 Å². The monoisotopic (exact) mass is 356 g/mol. The van der Waals surface area contributed by atoms with E-state index in [0.717, 1.165) is 24.5 Å². The summed E-state index contributed by atoms with van der Waals surface area (Å²) in [5.74, 6) is 2.25. The van der Waals surface area contributed by atoms with Crippen LogP contribution >= 0.6 is 0 Å². The quantitative estimate of drug-likeness (QED) is 0.679. The Hall–Kier alpha value is -3.04. The molecule has 3 aromatic heterocycles. The van der Waals surface area contributed by atoms with Gasteiger partial charge in [-0.2, -0.15) is 5.10 Å². The zero-order chi connectivity index (χ0) is 18.1. The van der Waals surface area contributed by atoms with E-state index >= 15 is 0 Å². The van der Waals surface area contributed by atoms with E-state index < -0.39 is 0 Å². The summed E-state index contributed by atoms with van der Waals surface area (Å²) >= 11 is 0. The summed E-state index contributed by atoms with van der Waals surface area (Å²) in [4.78, 5) is 18.2. The van der Waals surface area contributed by atoms with E-state index in [1.165, 1.54) is 6.33 Å². The number of aryl methyl sites for hydroxylation is 1. The lowest BCUT2D eigenvalue weighted by atomic mass is 9.95. The van der Waals surface area contributed by atoms with Crippen LogP contribution in [0.1, 0.15) is 46.7 Å². The van der Waals surface area contributed by atoms with E-state index in [4.69, 9.17) is 4.52 Å². The van der Waals surface area contributed by atoms with Gasteiger partial charge in [-0.05, 0) is 19.8 Å². The molecular weight excluding hydrogens is 336 g/mol. The molecule has 0 radical (unpaired) electrons. The SMILES string of the molecule is Cc1cc(C(=O)N2CCC(c3nnc(Cn4cncn4)n3C)CC2)on1. The second-order valence-corrected chi connectivity index (χ2v) is 6.53. The minimum absolute atomic E-state index is 0.103. The van der Waals surface area contributed by atoms with E-state index in [1.807, 2.05) is 16.5 Å². The number of rotatable bonds is 4. The first-order valence-corrected chi connectivity index (χ1v) is 8.55. The lowest BCUT2D eigenvalue weighted by Crippen LogP contribution is -2.38. The molecule has 4 heterocycles. The molecule has 0 aromatic carbocycles. The van der Waals surface area contributed by atoms with Crippen LogP contribution in [0.3, 0.4) is 0 Å². The highest BCUT2D eigenvalue weighted by Crippen LogP contribution is 2.27. The van der Waals surface area contributed by atoms with E-state index in [9.17, 15) is 4.79 Å². The summed E-state index contributed by atoms with van der Waals surface area (Å²) < 4.78 is 8.82. The molecule has 0 N–H and O–H groups in total. The largest absolute Gasteiger partial charge is 0.351 e. The first-order valence-electron chi connectivity index (χ1n) is 8.55. The van der Waals surface area contributed by atoms with E-state index in [2.05, 4.69) is 25.4 Å². The zero-order valence-electron chi connectivity index (χ0n) is 14.7. The fourth-order valence-corrected chi connectivity index (χ4v) is 3.29. The lowest BCUT2D eigenvalue weighted by molar-refractivity contribution is 0.0668. The number of amides is 1. The highest BCUT2D eigenvalue weighted by atomic mass is 16.5. The third-order valence-electron chi connectivity index (χ3n) is 4.75. The molecule has 10 nitrogen and oxygen atoms in total. The predicted octanol–water partition coefficient (Wildman–Crippen LogP) is 0.771. The van der Waals surface area contributed by atoms with Gasteiger partial charge >= 0.3 is 0 Å². The zero-order valence-corrected chi connectivity index (χ0v) is 14.7. The van der Waals surface area contributed by atoms with Crippen molar-refractivity contribution in [3.63, 3.8) is 0 Å². The first-order chi connectivity index (χ1) is 12.6. The Bertz CT molecular complexity index is 889. The highest BCUT2D eigenvalue weighted by molar-refractivity contribution is 5.91. The Morgan fingerprint density at radius 2 is 2.12 bits per heavy atom. The van der Waals surface area contributed by atoms with Crippen LogP contribution in [0.25, 0.3) is 0 Å². The third-order valence-corrected chi connectivity index (χ3v) is 4.75. The van der Waals surface area contributed by atoms with Crippen LogP contribution in [0.4, 0.5) is 0 Å². The molecule has 0 saturated carbocycles. The molecule has 10 heteroatoms. The van der Waals surface area contributed by atoms with Gasteiger partial charge < -0.3 is 14.0 Å². The van der Waals surface area contributed by atoms with Crippen molar-refractivity contribution in [2.75, 3.05) is 13.1 Å². The smallest absolute Gasteiger partial charge is 0.292 e. The highest BCUT2D eigenvalue weighted by Gasteiger charge is 2.29. The lowest BCUT2D eigenvalue weighted by Gasteiger charge is -2.30. The number of carbonyl (C=O) groups is 1. The maximum absolute atomic E-state index is 12.4. The van der Waals surface area contributed by atoms with Gasteiger partial charge in [-0.15, -0.1) is 10.2 Å². The van der Waals surface area contributed by atoms with Crippen molar-refractivity contribution >= 4 is 5.91 Å². The van der Waals surface area contributed by atoms with Crippen molar-refractivity contribution < 1.29 is 9.32 Å². The number of carbonyl (C=O) groups excluding carboxylic acids is 1. The van der Waals surface area contributed by atoms with Gasteiger partial charge in [0.1, 0.15) is 25.0 Å². The number of nitrogens with zero attached hydrogens (tertiary/aromatic N) is 8. The van der Waals surface area contributed by atoms with Crippen LogP contribution in [-0.4, -0.2) is 58.6 Å². The Morgan fingerprint density at radius 3 is 2.77 bits per heavy atom. The molecule has 1 aliphatic rings. The molecule has 0 atom stereocenters. The van der Waals surface area contributed by atoms with Gasteiger partial charge in [0.25, 0.3) is 5.91 Å². The van der Waals surface area contributed by atoms with Crippen LogP contribution in [0.15, 0.2) is 23.2 Å². The standard InChI is InChI=1S/C16H20N8O2/c1-11-7-13(26-21-11)16(25)23-5-3-12(4-6-23)15-20-19-14(22(15)2)8-24-10-17-9-18-24/h7,9-10,12H,3-6,8H2,1-2H3. The molecule has 4 rings (SSSR count). The number of hydrogen-bond donors (Lipinski definition) is 0. The summed E-state index contributed by atoms with van der Waals surface area (Å²) in [6, 6.07) is 1.67. The fraction of sp³-hybridized carbons (Fsp3) is 0.500. The predicted molar refractivity (Wildman–Crippen MR) is 89.2 cm³/mol. The van der Waals surface area contributed by atoms with Gasteiger partial charge in [0.05, 0.1) is 5.69 Å². The average molecular weight is 356 g/mol. The van der Waals surface area contributed by atoms with Gasteiger partial charge in [0.15, 0.2) is 5.82 Å². The van der Waals surface area contributed by atoms with Crippen LogP contribution < -0.4 is 0 Å². The number of hydrogen-bond acceptors (Lipinski definition) is 7. The van der Waals surface area contributed by atoms with E-state index in [0.29, 0.717) is 31.1 Å². The van der Waals surface area contributed by atoms with Crippen molar-refractivity contribution in [2.45, 2.75) is 32.2 Å². The summed E-state index contributed by atoms with van der Waals surface area (Å²) in [6.45, 7) is 3.66. The van der Waals surface area contributed by atoms with E-state index in [1.54, 1.807) is 24.0 Å². The van der Waals surface area contributed by atoms with Crippen LogP contribution in [0.2, 0.25) is 0 Å². The van der Waals surface area contributed by atoms with Gasteiger partial charge in [-0.3, -0.25) is 4.79 Å². The maximum Gasteiger partial charge on any atom is 0.292 e. The van der Waals surface area contributed by atoms with Crippen molar-refractivity contribution in [2.24, 2.45) is 7.05 Å². The first kappa shape index (κ1) is 16.4. The normalized spacial score (nSPS) is 15.5. The molecule has 3 aromatic rings. The summed E-state index contributed by atoms with van der Waals surface area (Å²) in [7, 11) is 1.97. The molecule has 1 fully saturated rings. The van der Waals surface area contributed by atoms with Crippen molar-refractivity contribution in [3.8, 4) is 0 Å². The molecule has 0 unspecified atom stereocenters. The third kappa shape index (κ3) is 3.09. The number of likely N-dealkylation sites (tertiary alicyclic amines) is 1. The Kier molecular flexibility index (Phi) is 4.23. The molecule has 0 bridgehead atoms. The van der Waals surface area contributed by atoms with Crippen molar-refractivity contribution in [1.29, 1.82) is 0 Å². The van der Waals surface area contributed by atoms with Crippen LogP contribution in [-0.2, 0) is 13.6 Å². The Balaban J connectivity index is 1.40. The molecular formula is C16H20N8O2. The topological polar surface area (TPSA) is 108 Å². The molecule has 0 spiro atoms. The maximum atomic E-state index is 12.4. The minimum Gasteiger partial charge on any atom is -0.351 e. The minimum atomic E-state index is -0.103. The van der Waals surface area contributed by atoms with Gasteiger partial charge in [-0.1, -0.05) is 5.16 Å². The molecule has 136 valence electrons. The van der Waals surface area contributed by atoms with Crippen LogP contribution in [0, 0.1) is 6.92 Å². The fourth-order valence-electron chi connectivity index (χ4n) is 3.29. The van der Waals surface area contributed by atoms with E-state index in [-0.39, 0.29) is 11.8 Å². The summed E-state index contributed by atoms with van der Waals surface area (Å²) in [6.07, 6.45) is 4.84. The van der Waals surface area contributed by atoms with Crippen molar-refractivity contribution in [1.82, 2.24) is 39.6 Å². The second-order valence-electron chi connectivity index (χ2n) is 6.53. The molecule has 0 aliphatic carbocycles. The van der Waals surface area contributed by atoms with Gasteiger partial charge in [-0.25, -0.2) is 9.67 Å². The molecule has 1 amide bonds. The second kappa shape index (κ2) is 6.70. The van der Waals surface area contributed by atoms with Gasteiger partial charge in [0, 0.05) is 32.1 Å². The Labute approximate surface area is 149 Å².